The fourth-order valence-corrected chi connectivity index (χ4v) is 2.31. The SMILES string of the molecule is N#Cc1c(N)nc2c(c1N)Cc1cccc(C(=O)O)c1O2. The summed E-state index contributed by atoms with van der Waals surface area (Å²) >= 11 is 0. The Morgan fingerprint density at radius 2 is 2.19 bits per heavy atom. The second-order valence-electron chi connectivity index (χ2n) is 4.56. The molecule has 0 aliphatic carbocycles. The van der Waals surface area contributed by atoms with Crippen LogP contribution in [0.5, 0.6) is 11.6 Å². The Balaban J connectivity index is 2.20. The number of para-hydroxylation sites is 1. The lowest BCUT2D eigenvalue weighted by atomic mass is 9.97. The van der Waals surface area contributed by atoms with Crippen LogP contribution in [0.25, 0.3) is 0 Å². The van der Waals surface area contributed by atoms with Crippen LogP contribution in [0.2, 0.25) is 0 Å². The van der Waals surface area contributed by atoms with Crippen molar-refractivity contribution < 1.29 is 14.6 Å². The van der Waals surface area contributed by atoms with Crippen molar-refractivity contribution in [3.05, 3.63) is 40.5 Å². The number of anilines is 2. The summed E-state index contributed by atoms with van der Waals surface area (Å²) in [5.74, 6) is -0.756. The first kappa shape index (κ1) is 12.7. The molecule has 1 aliphatic rings. The van der Waals surface area contributed by atoms with Crippen LogP contribution in [0, 0.1) is 11.3 Å². The average molecular weight is 282 g/mol. The molecule has 0 atom stereocenters. The Hall–Kier alpha value is -3.27. The van der Waals surface area contributed by atoms with E-state index in [1.165, 1.54) is 6.07 Å². The second-order valence-corrected chi connectivity index (χ2v) is 4.56. The Morgan fingerprint density at radius 3 is 2.86 bits per heavy atom. The minimum Gasteiger partial charge on any atom is -0.478 e. The van der Waals surface area contributed by atoms with Gasteiger partial charge in [0, 0.05) is 17.5 Å². The molecule has 0 radical (unpaired) electrons. The number of nitriles is 1. The molecule has 2 heterocycles. The number of nitrogen functional groups attached to an aromatic ring is 2. The van der Waals surface area contributed by atoms with Crippen molar-refractivity contribution in [3.63, 3.8) is 0 Å². The number of nitrogens with zero attached hydrogens (tertiary/aromatic N) is 2. The van der Waals surface area contributed by atoms with E-state index < -0.39 is 5.97 Å². The summed E-state index contributed by atoms with van der Waals surface area (Å²) in [4.78, 5) is 15.2. The highest BCUT2D eigenvalue weighted by Gasteiger charge is 2.27. The molecule has 104 valence electrons. The molecule has 2 aromatic rings. The highest BCUT2D eigenvalue weighted by atomic mass is 16.5. The first-order chi connectivity index (χ1) is 10.0. The van der Waals surface area contributed by atoms with Crippen LogP contribution in [0.4, 0.5) is 11.5 Å². The molecular formula is C14H10N4O3. The highest BCUT2D eigenvalue weighted by molar-refractivity contribution is 5.92. The number of hydrogen-bond acceptors (Lipinski definition) is 6. The summed E-state index contributed by atoms with van der Waals surface area (Å²) in [5.41, 5.74) is 13.2. The zero-order valence-corrected chi connectivity index (χ0v) is 10.8. The van der Waals surface area contributed by atoms with Gasteiger partial charge in [-0.05, 0) is 6.07 Å². The molecule has 0 spiro atoms. The number of carboxylic acids is 1. The molecule has 0 saturated heterocycles. The van der Waals surface area contributed by atoms with Crippen LogP contribution >= 0.6 is 0 Å². The zero-order valence-electron chi connectivity index (χ0n) is 10.8. The Bertz CT molecular complexity index is 824. The highest BCUT2D eigenvalue weighted by Crippen LogP contribution is 2.41. The van der Waals surface area contributed by atoms with Gasteiger partial charge in [0.05, 0.1) is 5.69 Å². The molecule has 1 aromatic carbocycles. The summed E-state index contributed by atoms with van der Waals surface area (Å²) in [5, 5.41) is 18.2. The normalized spacial score (nSPS) is 11.8. The maximum absolute atomic E-state index is 11.2. The van der Waals surface area contributed by atoms with Gasteiger partial charge in [0.15, 0.2) is 0 Å². The van der Waals surface area contributed by atoms with Gasteiger partial charge in [0.2, 0.25) is 5.88 Å². The predicted molar refractivity (Wildman–Crippen MR) is 74.1 cm³/mol. The van der Waals surface area contributed by atoms with Crippen molar-refractivity contribution in [1.29, 1.82) is 5.26 Å². The molecule has 0 bridgehead atoms. The molecule has 7 nitrogen and oxygen atoms in total. The van der Waals surface area contributed by atoms with Crippen molar-refractivity contribution >= 4 is 17.5 Å². The number of ether oxygens (including phenoxy) is 1. The van der Waals surface area contributed by atoms with E-state index in [9.17, 15) is 9.90 Å². The van der Waals surface area contributed by atoms with Crippen molar-refractivity contribution in [2.24, 2.45) is 0 Å². The summed E-state index contributed by atoms with van der Waals surface area (Å²) in [7, 11) is 0. The van der Waals surface area contributed by atoms with E-state index in [0.29, 0.717) is 17.5 Å². The molecule has 21 heavy (non-hydrogen) atoms. The van der Waals surface area contributed by atoms with Gasteiger partial charge >= 0.3 is 5.97 Å². The fourth-order valence-electron chi connectivity index (χ4n) is 2.31. The van der Waals surface area contributed by atoms with Crippen molar-refractivity contribution in [1.82, 2.24) is 4.98 Å². The predicted octanol–water partition coefficient (Wildman–Crippen LogP) is 1.51. The number of fused-ring (bicyclic) bond motifs is 2. The van der Waals surface area contributed by atoms with E-state index in [2.05, 4.69) is 4.98 Å². The molecule has 5 N–H and O–H groups in total. The Kier molecular flexibility index (Phi) is 2.66. The Labute approximate surface area is 119 Å². The molecule has 3 rings (SSSR count). The minimum absolute atomic E-state index is 0.0370. The lowest BCUT2D eigenvalue weighted by Crippen LogP contribution is -2.14. The van der Waals surface area contributed by atoms with Gasteiger partial charge in [0.1, 0.15) is 28.8 Å². The van der Waals surface area contributed by atoms with Gasteiger partial charge in [-0.15, -0.1) is 0 Å². The van der Waals surface area contributed by atoms with Crippen molar-refractivity contribution in [2.75, 3.05) is 11.5 Å². The van der Waals surface area contributed by atoms with Gasteiger partial charge < -0.3 is 21.3 Å². The van der Waals surface area contributed by atoms with Gasteiger partial charge in [-0.25, -0.2) is 4.79 Å². The molecular weight excluding hydrogens is 272 g/mol. The largest absolute Gasteiger partial charge is 0.478 e. The summed E-state index contributed by atoms with van der Waals surface area (Å²) in [6.07, 6.45) is 0.333. The zero-order chi connectivity index (χ0) is 15.1. The quantitative estimate of drug-likeness (QED) is 0.615. The third-order valence-corrected chi connectivity index (χ3v) is 3.34. The molecule has 7 heteroatoms. The number of aromatic carboxylic acids is 1. The third-order valence-electron chi connectivity index (χ3n) is 3.34. The van der Waals surface area contributed by atoms with Crippen LogP contribution in [0.15, 0.2) is 18.2 Å². The number of hydrogen-bond donors (Lipinski definition) is 3. The molecule has 0 saturated carbocycles. The monoisotopic (exact) mass is 282 g/mol. The summed E-state index contributed by atoms with van der Waals surface area (Å²) in [6, 6.07) is 6.72. The maximum atomic E-state index is 11.2. The lowest BCUT2D eigenvalue weighted by Gasteiger charge is -2.22. The van der Waals surface area contributed by atoms with E-state index in [4.69, 9.17) is 21.5 Å². The lowest BCUT2D eigenvalue weighted by molar-refractivity contribution is 0.0693. The first-order valence-corrected chi connectivity index (χ1v) is 6.04. The average Bonchev–Trinajstić information content (AvgIpc) is 2.45. The van der Waals surface area contributed by atoms with E-state index >= 15 is 0 Å². The van der Waals surface area contributed by atoms with Crippen molar-refractivity contribution in [2.45, 2.75) is 6.42 Å². The van der Waals surface area contributed by atoms with Crippen LogP contribution in [0.3, 0.4) is 0 Å². The van der Waals surface area contributed by atoms with E-state index in [0.717, 1.165) is 0 Å². The smallest absolute Gasteiger partial charge is 0.339 e. The van der Waals surface area contributed by atoms with Gasteiger partial charge in [-0.1, -0.05) is 12.1 Å². The van der Waals surface area contributed by atoms with Gasteiger partial charge in [-0.2, -0.15) is 10.2 Å². The number of rotatable bonds is 1. The van der Waals surface area contributed by atoms with Crippen LogP contribution in [0.1, 0.15) is 27.0 Å². The number of benzene rings is 1. The van der Waals surface area contributed by atoms with Gasteiger partial charge in [-0.3, -0.25) is 0 Å². The standard InChI is InChI=1S/C14H10N4O3/c15-5-9-10(16)8-4-6-2-1-3-7(14(19)20)11(6)21-13(8)18-12(9)17/h1-3H,4H2,(H,19,20)(H4,16,17,18). The minimum atomic E-state index is -1.09. The van der Waals surface area contributed by atoms with E-state index in [1.54, 1.807) is 12.1 Å². The maximum Gasteiger partial charge on any atom is 0.339 e. The summed E-state index contributed by atoms with van der Waals surface area (Å²) in [6.45, 7) is 0. The third kappa shape index (κ3) is 1.81. The first-order valence-electron chi connectivity index (χ1n) is 6.04. The number of carbonyl (C=O) groups is 1. The number of aromatic nitrogens is 1. The topological polar surface area (TPSA) is 135 Å². The fraction of sp³-hybridized carbons (Fsp3) is 0.0714. The van der Waals surface area contributed by atoms with Crippen LogP contribution in [-0.4, -0.2) is 16.1 Å². The van der Waals surface area contributed by atoms with Gasteiger partial charge in [0.25, 0.3) is 0 Å². The van der Waals surface area contributed by atoms with Crippen LogP contribution in [-0.2, 0) is 6.42 Å². The second kappa shape index (κ2) is 4.38. The van der Waals surface area contributed by atoms with Crippen LogP contribution < -0.4 is 16.2 Å². The molecule has 1 aliphatic heterocycles. The van der Waals surface area contributed by atoms with E-state index in [1.807, 2.05) is 6.07 Å². The number of nitrogens with two attached hydrogens (primary N) is 2. The number of carboxylic acid groups (broad SMARTS) is 1. The molecule has 0 unspecified atom stereocenters. The van der Waals surface area contributed by atoms with Crippen molar-refractivity contribution in [3.8, 4) is 17.7 Å². The Morgan fingerprint density at radius 1 is 1.43 bits per heavy atom. The molecule has 0 fully saturated rings. The summed E-state index contributed by atoms with van der Waals surface area (Å²) < 4.78 is 5.57. The van der Waals surface area contributed by atoms with E-state index in [-0.39, 0.29) is 34.3 Å². The molecule has 0 amide bonds. The number of pyridine rings is 1. The molecule has 1 aromatic heterocycles.